The van der Waals surface area contributed by atoms with Gasteiger partial charge in [0.05, 0.1) is 0 Å². The summed E-state index contributed by atoms with van der Waals surface area (Å²) in [6, 6.07) is 2.82. The van der Waals surface area contributed by atoms with E-state index in [1.807, 2.05) is 6.20 Å². The number of likely N-dealkylation sites (tertiary alicyclic amines) is 1. The van der Waals surface area contributed by atoms with Crippen molar-refractivity contribution in [2.24, 2.45) is 0 Å². The van der Waals surface area contributed by atoms with E-state index in [1.54, 1.807) is 0 Å². The Kier molecular flexibility index (Phi) is 4.62. The van der Waals surface area contributed by atoms with E-state index >= 15 is 0 Å². The van der Waals surface area contributed by atoms with Gasteiger partial charge in [-0.2, -0.15) is 0 Å². The number of hydrogen-bond acceptors (Lipinski definition) is 3. The van der Waals surface area contributed by atoms with Crippen molar-refractivity contribution in [3.05, 3.63) is 22.3 Å². The maximum Gasteiger partial charge on any atom is 0.131 e. The molecule has 0 saturated carbocycles. The van der Waals surface area contributed by atoms with Crippen LogP contribution in [0.3, 0.4) is 0 Å². The van der Waals surface area contributed by atoms with Crippen LogP contribution in [0, 0.1) is 6.92 Å². The second kappa shape index (κ2) is 6.02. The van der Waals surface area contributed by atoms with Crippen molar-refractivity contribution in [3.63, 3.8) is 0 Å². The molecular weight excluding hydrogens is 290 g/mol. The summed E-state index contributed by atoms with van der Waals surface area (Å²) in [6.45, 7) is 7.85. The second-order valence-electron chi connectivity index (χ2n) is 5.10. The lowest BCUT2D eigenvalue weighted by Crippen LogP contribution is -2.39. The molecule has 0 amide bonds. The molecule has 4 heteroatoms. The first kappa shape index (κ1) is 13.8. The molecule has 1 aliphatic heterocycles. The summed E-state index contributed by atoms with van der Waals surface area (Å²) in [4.78, 5) is 9.40. The van der Waals surface area contributed by atoms with Gasteiger partial charge in [0, 0.05) is 30.3 Å². The molecule has 100 valence electrons. The van der Waals surface area contributed by atoms with Gasteiger partial charge < -0.3 is 4.90 Å². The van der Waals surface area contributed by atoms with E-state index in [2.05, 4.69) is 57.7 Å². The first-order chi connectivity index (χ1) is 8.61. The Morgan fingerprint density at radius 3 is 3.00 bits per heavy atom. The maximum atomic E-state index is 4.53. The van der Waals surface area contributed by atoms with E-state index in [0.717, 1.165) is 23.4 Å². The van der Waals surface area contributed by atoms with Crippen molar-refractivity contribution in [1.82, 2.24) is 9.88 Å². The van der Waals surface area contributed by atoms with E-state index in [-0.39, 0.29) is 0 Å². The molecule has 0 aliphatic carbocycles. The predicted molar refractivity (Wildman–Crippen MR) is 80.2 cm³/mol. The Bertz CT molecular complexity index is 408. The first-order valence-corrected chi connectivity index (χ1v) is 7.48. The zero-order valence-corrected chi connectivity index (χ0v) is 13.1. The fraction of sp³-hybridized carbons (Fsp3) is 0.643. The van der Waals surface area contributed by atoms with Gasteiger partial charge in [-0.3, -0.25) is 4.90 Å². The third-order valence-corrected chi connectivity index (χ3v) is 4.20. The average molecular weight is 312 g/mol. The smallest absolute Gasteiger partial charge is 0.131 e. The largest absolute Gasteiger partial charge is 0.358 e. The van der Waals surface area contributed by atoms with Gasteiger partial charge in [0.15, 0.2) is 0 Å². The summed E-state index contributed by atoms with van der Waals surface area (Å²) in [7, 11) is 2.15. The summed E-state index contributed by atoms with van der Waals surface area (Å²) in [6.07, 6.45) is 4.53. The van der Waals surface area contributed by atoms with Crippen molar-refractivity contribution in [2.75, 3.05) is 31.6 Å². The van der Waals surface area contributed by atoms with Gasteiger partial charge in [0.1, 0.15) is 5.82 Å². The van der Waals surface area contributed by atoms with Crippen LogP contribution in [-0.2, 0) is 0 Å². The zero-order chi connectivity index (χ0) is 13.1. The van der Waals surface area contributed by atoms with Crippen LogP contribution in [0.1, 0.15) is 25.3 Å². The Labute approximate surface area is 118 Å². The highest BCUT2D eigenvalue weighted by molar-refractivity contribution is 9.10. The minimum Gasteiger partial charge on any atom is -0.358 e. The van der Waals surface area contributed by atoms with E-state index in [4.69, 9.17) is 0 Å². The molecule has 0 radical (unpaired) electrons. The summed E-state index contributed by atoms with van der Waals surface area (Å²) >= 11 is 3.47. The van der Waals surface area contributed by atoms with E-state index in [1.165, 1.54) is 24.9 Å². The summed E-state index contributed by atoms with van der Waals surface area (Å²) in [5, 5.41) is 0. The number of rotatable bonds is 4. The van der Waals surface area contributed by atoms with Gasteiger partial charge in [-0.15, -0.1) is 0 Å². The fourth-order valence-corrected chi connectivity index (χ4v) is 3.30. The molecule has 1 aromatic heterocycles. The highest BCUT2D eigenvalue weighted by Gasteiger charge is 2.24. The number of pyridine rings is 1. The van der Waals surface area contributed by atoms with Gasteiger partial charge in [-0.05, 0) is 60.4 Å². The number of halogens is 1. The lowest BCUT2D eigenvalue weighted by molar-refractivity contribution is 0.270. The molecule has 1 aromatic rings. The third kappa shape index (κ3) is 3.04. The van der Waals surface area contributed by atoms with Crippen LogP contribution < -0.4 is 4.90 Å². The van der Waals surface area contributed by atoms with Crippen LogP contribution in [-0.4, -0.2) is 42.6 Å². The second-order valence-corrected chi connectivity index (χ2v) is 6.01. The molecule has 1 fully saturated rings. The Balaban J connectivity index is 2.05. The standard InChI is InChI=1S/C14H22BrN3/c1-4-18-7-5-6-13(18)10-17(3)14-11(2)8-12(15)9-16-14/h8-9,13H,4-7,10H2,1-3H3. The van der Waals surface area contributed by atoms with Crippen molar-refractivity contribution in [1.29, 1.82) is 0 Å². The molecule has 3 nitrogen and oxygen atoms in total. The van der Waals surface area contributed by atoms with Crippen LogP contribution >= 0.6 is 15.9 Å². The van der Waals surface area contributed by atoms with Crippen molar-refractivity contribution < 1.29 is 0 Å². The Hall–Kier alpha value is -0.610. The average Bonchev–Trinajstić information content (AvgIpc) is 2.76. The molecular formula is C14H22BrN3. The Morgan fingerprint density at radius 2 is 2.33 bits per heavy atom. The molecule has 0 spiro atoms. The molecule has 1 unspecified atom stereocenters. The summed E-state index contributed by atoms with van der Waals surface area (Å²) < 4.78 is 1.05. The van der Waals surface area contributed by atoms with Crippen LogP contribution in [0.5, 0.6) is 0 Å². The first-order valence-electron chi connectivity index (χ1n) is 6.69. The molecule has 2 heterocycles. The number of anilines is 1. The number of likely N-dealkylation sites (N-methyl/N-ethyl adjacent to an activating group) is 2. The van der Waals surface area contributed by atoms with E-state index in [0.29, 0.717) is 6.04 Å². The SMILES string of the molecule is CCN1CCCC1CN(C)c1ncc(Br)cc1C. The van der Waals surface area contributed by atoms with Crippen molar-refractivity contribution in [2.45, 2.75) is 32.7 Å². The lowest BCUT2D eigenvalue weighted by atomic mass is 10.2. The number of aromatic nitrogens is 1. The van der Waals surface area contributed by atoms with Gasteiger partial charge in [0.2, 0.25) is 0 Å². The number of nitrogens with zero attached hydrogens (tertiary/aromatic N) is 3. The molecule has 0 aromatic carbocycles. The van der Waals surface area contributed by atoms with Crippen LogP contribution in [0.2, 0.25) is 0 Å². The topological polar surface area (TPSA) is 19.4 Å². The minimum absolute atomic E-state index is 0.685. The monoisotopic (exact) mass is 311 g/mol. The molecule has 0 bridgehead atoms. The van der Waals surface area contributed by atoms with Crippen LogP contribution in [0.15, 0.2) is 16.7 Å². The van der Waals surface area contributed by atoms with Crippen molar-refractivity contribution >= 4 is 21.7 Å². The predicted octanol–water partition coefficient (Wildman–Crippen LogP) is 3.07. The zero-order valence-electron chi connectivity index (χ0n) is 11.5. The molecule has 1 saturated heterocycles. The van der Waals surface area contributed by atoms with Gasteiger partial charge in [0.25, 0.3) is 0 Å². The lowest BCUT2D eigenvalue weighted by Gasteiger charge is -2.29. The summed E-state index contributed by atoms with van der Waals surface area (Å²) in [5.41, 5.74) is 1.23. The van der Waals surface area contributed by atoms with Gasteiger partial charge in [-0.25, -0.2) is 4.98 Å². The molecule has 18 heavy (non-hydrogen) atoms. The number of hydrogen-bond donors (Lipinski definition) is 0. The minimum atomic E-state index is 0.685. The normalized spacial score (nSPS) is 20.3. The maximum absolute atomic E-state index is 4.53. The molecule has 0 N–H and O–H groups in total. The summed E-state index contributed by atoms with van der Waals surface area (Å²) in [5.74, 6) is 1.10. The van der Waals surface area contributed by atoms with Crippen molar-refractivity contribution in [3.8, 4) is 0 Å². The highest BCUT2D eigenvalue weighted by Crippen LogP contribution is 2.23. The quantitative estimate of drug-likeness (QED) is 0.852. The molecule has 1 atom stereocenters. The number of aryl methyl sites for hydroxylation is 1. The molecule has 2 rings (SSSR count). The fourth-order valence-electron chi connectivity index (χ4n) is 2.85. The van der Waals surface area contributed by atoms with Crippen LogP contribution in [0.25, 0.3) is 0 Å². The van der Waals surface area contributed by atoms with Crippen LogP contribution in [0.4, 0.5) is 5.82 Å². The Morgan fingerprint density at radius 1 is 1.56 bits per heavy atom. The molecule has 1 aliphatic rings. The van der Waals surface area contributed by atoms with Gasteiger partial charge >= 0.3 is 0 Å². The van der Waals surface area contributed by atoms with E-state index in [9.17, 15) is 0 Å². The van der Waals surface area contributed by atoms with Gasteiger partial charge in [-0.1, -0.05) is 6.92 Å². The third-order valence-electron chi connectivity index (χ3n) is 3.77. The highest BCUT2D eigenvalue weighted by atomic mass is 79.9. The van der Waals surface area contributed by atoms with E-state index < -0.39 is 0 Å².